The lowest BCUT2D eigenvalue weighted by molar-refractivity contribution is -0.125. The maximum Gasteiger partial charge on any atom is 0.225 e. The van der Waals surface area contributed by atoms with E-state index in [0.717, 1.165) is 27.3 Å². The molecule has 0 aliphatic carbocycles. The van der Waals surface area contributed by atoms with Gasteiger partial charge in [-0.15, -0.1) is 11.3 Å². The number of nitrogens with one attached hydrogen (secondary N) is 2. The number of rotatable bonds is 4. The number of thiazole rings is 1. The Morgan fingerprint density at radius 1 is 1.42 bits per heavy atom. The first-order valence-corrected chi connectivity index (χ1v) is 8.84. The second kappa shape index (κ2) is 6.33. The van der Waals surface area contributed by atoms with Crippen molar-refractivity contribution >= 4 is 27.5 Å². The van der Waals surface area contributed by atoms with E-state index >= 15 is 0 Å². The second-order valence-electron chi connectivity index (χ2n) is 6.11. The highest BCUT2D eigenvalue weighted by atomic mass is 32.1. The second-order valence-corrected chi connectivity index (χ2v) is 7.23. The highest BCUT2D eigenvalue weighted by Crippen LogP contribution is 2.28. The quantitative estimate of drug-likeness (QED) is 0.757. The third kappa shape index (κ3) is 2.92. The minimum Gasteiger partial charge on any atom is -0.349 e. The standard InChI is InChI=1S/C17H19N5OS/c1-22-10-11(6-20-22)12-7-18-8-13(12)17(23)19-9-16-21-14-4-2-3-5-15(14)24-16/h2-6,10,12-13,18H,7-9H2,1H3,(H,19,23)/t12-,13+/m1/s1. The molecule has 4 rings (SSSR count). The van der Waals surface area contributed by atoms with E-state index in [4.69, 9.17) is 0 Å². The van der Waals surface area contributed by atoms with Crippen LogP contribution < -0.4 is 10.6 Å². The van der Waals surface area contributed by atoms with Gasteiger partial charge in [-0.05, 0) is 17.7 Å². The molecule has 0 unspecified atom stereocenters. The van der Waals surface area contributed by atoms with Crippen LogP contribution in [0.4, 0.5) is 0 Å². The number of aromatic nitrogens is 3. The largest absolute Gasteiger partial charge is 0.349 e. The van der Waals surface area contributed by atoms with E-state index in [9.17, 15) is 4.79 Å². The van der Waals surface area contributed by atoms with Crippen molar-refractivity contribution in [3.63, 3.8) is 0 Å². The fourth-order valence-corrected chi connectivity index (χ4v) is 4.13. The molecule has 0 saturated carbocycles. The van der Waals surface area contributed by atoms with E-state index in [1.165, 1.54) is 0 Å². The summed E-state index contributed by atoms with van der Waals surface area (Å²) in [6.45, 7) is 1.99. The third-order valence-corrected chi connectivity index (χ3v) is 5.49. The van der Waals surface area contributed by atoms with E-state index in [-0.39, 0.29) is 17.7 Å². The van der Waals surface area contributed by atoms with Crippen LogP contribution >= 0.6 is 11.3 Å². The van der Waals surface area contributed by atoms with Crippen molar-refractivity contribution in [2.24, 2.45) is 13.0 Å². The molecule has 1 fully saturated rings. The fourth-order valence-electron chi connectivity index (χ4n) is 3.23. The summed E-state index contributed by atoms with van der Waals surface area (Å²) < 4.78 is 2.93. The molecule has 1 amide bonds. The van der Waals surface area contributed by atoms with Gasteiger partial charge in [0.25, 0.3) is 0 Å². The minimum absolute atomic E-state index is 0.0661. The van der Waals surface area contributed by atoms with Gasteiger partial charge in [0.05, 0.1) is 28.9 Å². The van der Waals surface area contributed by atoms with Gasteiger partial charge in [0, 0.05) is 32.3 Å². The van der Waals surface area contributed by atoms with Crippen LogP contribution in [0.1, 0.15) is 16.5 Å². The predicted octanol–water partition coefficient (Wildman–Crippen LogP) is 1.65. The van der Waals surface area contributed by atoms with Gasteiger partial charge in [-0.3, -0.25) is 9.48 Å². The summed E-state index contributed by atoms with van der Waals surface area (Å²) in [5, 5.41) is 11.5. The van der Waals surface area contributed by atoms with E-state index in [2.05, 4.69) is 26.8 Å². The molecule has 124 valence electrons. The summed E-state index contributed by atoms with van der Waals surface area (Å²) in [7, 11) is 1.90. The van der Waals surface area contributed by atoms with Crippen LogP contribution in [0.25, 0.3) is 10.2 Å². The molecule has 1 aromatic carbocycles. The van der Waals surface area contributed by atoms with Gasteiger partial charge in [-0.1, -0.05) is 12.1 Å². The molecule has 1 aliphatic heterocycles. The van der Waals surface area contributed by atoms with Crippen LogP contribution in [-0.4, -0.2) is 33.8 Å². The molecule has 1 aliphatic rings. The van der Waals surface area contributed by atoms with Crippen LogP contribution in [-0.2, 0) is 18.4 Å². The van der Waals surface area contributed by atoms with Crippen LogP contribution in [0.3, 0.4) is 0 Å². The summed E-state index contributed by atoms with van der Waals surface area (Å²) in [5.41, 5.74) is 2.10. The molecule has 0 spiro atoms. The number of fused-ring (bicyclic) bond motifs is 1. The topological polar surface area (TPSA) is 71.8 Å². The van der Waals surface area contributed by atoms with Gasteiger partial charge in [-0.2, -0.15) is 5.10 Å². The zero-order chi connectivity index (χ0) is 16.5. The summed E-state index contributed by atoms with van der Waals surface area (Å²) in [4.78, 5) is 17.2. The van der Waals surface area contributed by atoms with Crippen molar-refractivity contribution in [2.45, 2.75) is 12.5 Å². The monoisotopic (exact) mass is 341 g/mol. The molecule has 6 nitrogen and oxygen atoms in total. The number of amides is 1. The highest BCUT2D eigenvalue weighted by molar-refractivity contribution is 7.18. The number of para-hydroxylation sites is 1. The molecular formula is C17H19N5OS. The van der Waals surface area contributed by atoms with Gasteiger partial charge in [0.1, 0.15) is 5.01 Å². The highest BCUT2D eigenvalue weighted by Gasteiger charge is 2.34. The van der Waals surface area contributed by atoms with Crippen LogP contribution in [0.5, 0.6) is 0 Å². The third-order valence-electron chi connectivity index (χ3n) is 4.46. The minimum atomic E-state index is -0.0661. The van der Waals surface area contributed by atoms with E-state index in [1.54, 1.807) is 16.0 Å². The Hall–Kier alpha value is -2.25. The van der Waals surface area contributed by atoms with Gasteiger partial charge < -0.3 is 10.6 Å². The number of aryl methyl sites for hydroxylation is 1. The molecule has 24 heavy (non-hydrogen) atoms. The first kappa shape index (κ1) is 15.3. The fraction of sp³-hybridized carbons (Fsp3) is 0.353. The Kier molecular flexibility index (Phi) is 4.03. The summed E-state index contributed by atoms with van der Waals surface area (Å²) >= 11 is 1.63. The maximum absolute atomic E-state index is 12.6. The number of hydrogen-bond acceptors (Lipinski definition) is 5. The molecule has 2 atom stereocenters. The van der Waals surface area contributed by atoms with Crippen molar-refractivity contribution in [2.75, 3.05) is 13.1 Å². The van der Waals surface area contributed by atoms with Crippen molar-refractivity contribution < 1.29 is 4.79 Å². The average Bonchev–Trinajstić information content (AvgIpc) is 3.30. The molecule has 1 saturated heterocycles. The predicted molar refractivity (Wildman–Crippen MR) is 93.8 cm³/mol. The first-order valence-electron chi connectivity index (χ1n) is 8.02. The van der Waals surface area contributed by atoms with Gasteiger partial charge in [0.15, 0.2) is 0 Å². The number of hydrogen-bond donors (Lipinski definition) is 2. The van der Waals surface area contributed by atoms with Crippen molar-refractivity contribution in [3.8, 4) is 0 Å². The van der Waals surface area contributed by atoms with Crippen molar-refractivity contribution in [3.05, 3.63) is 47.2 Å². The maximum atomic E-state index is 12.6. The zero-order valence-electron chi connectivity index (χ0n) is 13.4. The first-order chi connectivity index (χ1) is 11.7. The van der Waals surface area contributed by atoms with Gasteiger partial charge in [0.2, 0.25) is 5.91 Å². The van der Waals surface area contributed by atoms with E-state index in [0.29, 0.717) is 13.1 Å². The lowest BCUT2D eigenvalue weighted by Gasteiger charge is -2.16. The van der Waals surface area contributed by atoms with Crippen LogP contribution in [0.2, 0.25) is 0 Å². The summed E-state index contributed by atoms with van der Waals surface area (Å²) in [6, 6.07) is 8.03. The smallest absolute Gasteiger partial charge is 0.225 e. The molecule has 3 aromatic rings. The van der Waals surface area contributed by atoms with Crippen LogP contribution in [0, 0.1) is 5.92 Å². The Balaban J connectivity index is 1.43. The molecule has 0 radical (unpaired) electrons. The number of benzene rings is 1. The van der Waals surface area contributed by atoms with E-state index < -0.39 is 0 Å². The Morgan fingerprint density at radius 2 is 2.29 bits per heavy atom. The van der Waals surface area contributed by atoms with E-state index in [1.807, 2.05) is 37.6 Å². The number of carbonyl (C=O) groups is 1. The molecule has 2 N–H and O–H groups in total. The molecule has 3 heterocycles. The molecule has 0 bridgehead atoms. The Labute approximate surface area is 143 Å². The SMILES string of the molecule is Cn1cc([C@H]2CNC[C@@H]2C(=O)NCc2nc3ccccc3s2)cn1. The number of carbonyl (C=O) groups excluding carboxylic acids is 1. The van der Waals surface area contributed by atoms with Gasteiger partial charge in [-0.25, -0.2) is 4.98 Å². The van der Waals surface area contributed by atoms with Crippen molar-refractivity contribution in [1.82, 2.24) is 25.4 Å². The summed E-state index contributed by atoms with van der Waals surface area (Å²) in [5.74, 6) is 0.186. The van der Waals surface area contributed by atoms with Gasteiger partial charge >= 0.3 is 0 Å². The van der Waals surface area contributed by atoms with Crippen molar-refractivity contribution in [1.29, 1.82) is 0 Å². The molecule has 7 heteroatoms. The lowest BCUT2D eigenvalue weighted by Crippen LogP contribution is -2.33. The average molecular weight is 341 g/mol. The molecular weight excluding hydrogens is 322 g/mol. The lowest BCUT2D eigenvalue weighted by atomic mass is 9.90. The number of nitrogens with zero attached hydrogens (tertiary/aromatic N) is 3. The summed E-state index contributed by atoms with van der Waals surface area (Å²) in [6.07, 6.45) is 3.84. The van der Waals surface area contributed by atoms with Crippen LogP contribution in [0.15, 0.2) is 36.7 Å². The Morgan fingerprint density at radius 3 is 3.08 bits per heavy atom. The Bertz CT molecular complexity index is 838. The normalized spacial score (nSPS) is 20.5. The molecule has 2 aromatic heterocycles. The zero-order valence-corrected chi connectivity index (χ0v) is 14.2.